The summed E-state index contributed by atoms with van der Waals surface area (Å²) in [5, 5.41) is 8.31. The predicted octanol–water partition coefficient (Wildman–Crippen LogP) is 2.98. The summed E-state index contributed by atoms with van der Waals surface area (Å²) in [7, 11) is 0. The third-order valence-electron chi connectivity index (χ3n) is 2.76. The first-order chi connectivity index (χ1) is 10.4. The van der Waals surface area contributed by atoms with Gasteiger partial charge in [-0.25, -0.2) is 9.18 Å². The van der Waals surface area contributed by atoms with Crippen LogP contribution < -0.4 is 0 Å². The van der Waals surface area contributed by atoms with Crippen LogP contribution in [0.25, 0.3) is 6.08 Å². The fourth-order valence-corrected chi connectivity index (χ4v) is 1.56. The minimum Gasteiger partial charge on any atom is -0.461 e. The van der Waals surface area contributed by atoms with Crippen molar-refractivity contribution in [2.45, 2.75) is 19.8 Å². The summed E-state index contributed by atoms with van der Waals surface area (Å²) in [4.78, 5) is 22.8. The maximum Gasteiger partial charge on any atom is 0.330 e. The van der Waals surface area contributed by atoms with E-state index in [9.17, 15) is 14.0 Å². The average Bonchev–Trinajstić information content (AvgIpc) is 2.46. The number of carbonyl (C=O) groups is 2. The van der Waals surface area contributed by atoms with Crippen LogP contribution in [0.2, 0.25) is 0 Å². The summed E-state index contributed by atoms with van der Waals surface area (Å²) in [5.74, 6) is -1.33. The molecule has 0 heterocycles. The van der Waals surface area contributed by atoms with Gasteiger partial charge in [-0.3, -0.25) is 4.79 Å². The third-order valence-corrected chi connectivity index (χ3v) is 2.76. The van der Waals surface area contributed by atoms with E-state index in [0.717, 1.165) is 6.08 Å². The molecule has 0 amide bonds. The van der Waals surface area contributed by atoms with Gasteiger partial charge in [-0.2, -0.15) is 5.26 Å². The Morgan fingerprint density at radius 3 is 2.77 bits per heavy atom. The van der Waals surface area contributed by atoms with Crippen LogP contribution in [0.4, 0.5) is 4.39 Å². The minimum atomic E-state index is -0.642. The molecule has 0 spiro atoms. The van der Waals surface area contributed by atoms with Gasteiger partial charge in [0.2, 0.25) is 0 Å². The fraction of sp³-hybridized carbons (Fsp3) is 0.235. The molecule has 0 fully saturated rings. The molecule has 0 bridgehead atoms. The smallest absolute Gasteiger partial charge is 0.330 e. The molecule has 0 unspecified atom stereocenters. The van der Waals surface area contributed by atoms with Crippen LogP contribution in [0.3, 0.4) is 0 Å². The van der Waals surface area contributed by atoms with Crippen LogP contribution in [0, 0.1) is 17.1 Å². The molecule has 0 aliphatic carbocycles. The number of rotatable bonds is 7. The number of halogens is 1. The average molecular weight is 301 g/mol. The Bertz CT molecular complexity index is 656. The molecule has 4 nitrogen and oxygen atoms in total. The van der Waals surface area contributed by atoms with Gasteiger partial charge in [0, 0.05) is 18.1 Å². The summed E-state index contributed by atoms with van der Waals surface area (Å²) in [5.41, 5.74) is 1.17. The van der Waals surface area contributed by atoms with E-state index >= 15 is 0 Å². The molecule has 0 radical (unpaired) electrons. The molecule has 0 saturated heterocycles. The van der Waals surface area contributed by atoms with Crippen LogP contribution in [0.5, 0.6) is 0 Å². The van der Waals surface area contributed by atoms with Crippen LogP contribution in [-0.4, -0.2) is 18.4 Å². The highest BCUT2D eigenvalue weighted by atomic mass is 19.1. The summed E-state index contributed by atoms with van der Waals surface area (Å²) < 4.78 is 18.6. The Kier molecular flexibility index (Phi) is 6.71. The van der Waals surface area contributed by atoms with Crippen LogP contribution in [-0.2, 0) is 20.7 Å². The number of nitrogens with zero attached hydrogens (tertiary/aromatic N) is 1. The van der Waals surface area contributed by atoms with Crippen molar-refractivity contribution >= 4 is 17.8 Å². The van der Waals surface area contributed by atoms with Gasteiger partial charge in [-0.05, 0) is 30.2 Å². The van der Waals surface area contributed by atoms with Crippen molar-refractivity contribution in [3.8, 4) is 6.07 Å². The number of hydrogen-bond donors (Lipinski definition) is 0. The number of allylic oxidation sites excluding steroid dienone is 1. The molecular formula is C17H16FNO3. The fourth-order valence-electron chi connectivity index (χ4n) is 1.56. The largest absolute Gasteiger partial charge is 0.461 e. The quantitative estimate of drug-likeness (QED) is 0.441. The second-order valence-corrected chi connectivity index (χ2v) is 4.65. The first-order valence-corrected chi connectivity index (χ1v) is 6.63. The Labute approximate surface area is 128 Å². The SMILES string of the molecule is C=C(C)C(=O)Cc1ccc(/C=C/C(=O)OCCC#N)c(F)c1. The molecule has 0 aliphatic heterocycles. The number of ketones is 1. The van der Waals surface area contributed by atoms with Crippen molar-refractivity contribution in [3.05, 3.63) is 53.4 Å². The highest BCUT2D eigenvalue weighted by Gasteiger charge is 2.07. The Hall–Kier alpha value is -2.74. The monoisotopic (exact) mass is 301 g/mol. The highest BCUT2D eigenvalue weighted by molar-refractivity contribution is 5.95. The van der Waals surface area contributed by atoms with Crippen LogP contribution >= 0.6 is 0 Å². The number of ether oxygens (including phenoxy) is 1. The molecular weight excluding hydrogens is 285 g/mol. The van der Waals surface area contributed by atoms with Crippen molar-refractivity contribution in [2.24, 2.45) is 0 Å². The molecule has 114 valence electrons. The Balaban J connectivity index is 2.70. The van der Waals surface area contributed by atoms with Gasteiger partial charge >= 0.3 is 5.97 Å². The van der Waals surface area contributed by atoms with E-state index in [-0.39, 0.29) is 30.8 Å². The lowest BCUT2D eigenvalue weighted by Crippen LogP contribution is -2.04. The van der Waals surface area contributed by atoms with E-state index in [2.05, 4.69) is 6.58 Å². The molecule has 0 aliphatic rings. The summed E-state index contributed by atoms with van der Waals surface area (Å²) in [6.07, 6.45) is 2.58. The zero-order chi connectivity index (χ0) is 16.5. The van der Waals surface area contributed by atoms with Crippen molar-refractivity contribution in [3.63, 3.8) is 0 Å². The highest BCUT2D eigenvalue weighted by Crippen LogP contribution is 2.14. The zero-order valence-electron chi connectivity index (χ0n) is 12.3. The van der Waals surface area contributed by atoms with Gasteiger partial charge in [0.25, 0.3) is 0 Å². The van der Waals surface area contributed by atoms with E-state index < -0.39 is 11.8 Å². The predicted molar refractivity (Wildman–Crippen MR) is 80.1 cm³/mol. The second-order valence-electron chi connectivity index (χ2n) is 4.65. The molecule has 1 aromatic rings. The maximum atomic E-state index is 13.9. The first kappa shape index (κ1) is 17.3. The Morgan fingerprint density at radius 1 is 1.45 bits per heavy atom. The zero-order valence-corrected chi connectivity index (χ0v) is 12.3. The molecule has 5 heteroatoms. The van der Waals surface area contributed by atoms with E-state index in [1.807, 2.05) is 6.07 Å². The van der Waals surface area contributed by atoms with E-state index in [1.54, 1.807) is 13.0 Å². The lowest BCUT2D eigenvalue weighted by atomic mass is 10.0. The topological polar surface area (TPSA) is 67.2 Å². The van der Waals surface area contributed by atoms with Crippen molar-refractivity contribution < 1.29 is 18.7 Å². The summed E-state index contributed by atoms with van der Waals surface area (Å²) >= 11 is 0. The lowest BCUT2D eigenvalue weighted by Gasteiger charge is -2.03. The molecule has 1 rings (SSSR count). The van der Waals surface area contributed by atoms with Gasteiger partial charge in [0.1, 0.15) is 12.4 Å². The third kappa shape index (κ3) is 5.71. The standard InChI is InChI=1S/C17H16FNO3/c1-12(2)16(20)11-13-4-5-14(15(18)10-13)6-7-17(21)22-9-3-8-19/h4-7,10H,1,3,9,11H2,2H3/b7-6+. The maximum absolute atomic E-state index is 13.9. The summed E-state index contributed by atoms with van der Waals surface area (Å²) in [6, 6.07) is 6.19. The van der Waals surface area contributed by atoms with Gasteiger partial charge in [-0.1, -0.05) is 18.7 Å². The molecule has 0 atom stereocenters. The van der Waals surface area contributed by atoms with Gasteiger partial charge < -0.3 is 4.74 Å². The number of Topliss-reactive ketones (excluding diaryl/α,β-unsaturated/α-hetero) is 1. The minimum absolute atomic E-state index is 0.00408. The number of esters is 1. The molecule has 1 aromatic carbocycles. The lowest BCUT2D eigenvalue weighted by molar-refractivity contribution is -0.137. The van der Waals surface area contributed by atoms with Crippen LogP contribution in [0.15, 0.2) is 36.4 Å². The Morgan fingerprint density at radius 2 is 2.18 bits per heavy atom. The van der Waals surface area contributed by atoms with E-state index in [1.165, 1.54) is 18.2 Å². The number of carbonyl (C=O) groups excluding carboxylic acids is 2. The molecule has 0 N–H and O–H groups in total. The summed E-state index contributed by atoms with van der Waals surface area (Å²) in [6.45, 7) is 5.15. The number of nitriles is 1. The first-order valence-electron chi connectivity index (χ1n) is 6.63. The normalized spacial score (nSPS) is 10.2. The van der Waals surface area contributed by atoms with Crippen molar-refractivity contribution in [1.82, 2.24) is 0 Å². The second kappa shape index (κ2) is 8.53. The van der Waals surface area contributed by atoms with E-state index in [4.69, 9.17) is 10.00 Å². The van der Waals surface area contributed by atoms with Gasteiger partial charge in [0.05, 0.1) is 12.5 Å². The molecule has 0 saturated carbocycles. The van der Waals surface area contributed by atoms with Gasteiger partial charge in [-0.15, -0.1) is 0 Å². The number of benzene rings is 1. The molecule has 0 aromatic heterocycles. The van der Waals surface area contributed by atoms with E-state index in [0.29, 0.717) is 11.1 Å². The van der Waals surface area contributed by atoms with Gasteiger partial charge in [0.15, 0.2) is 5.78 Å². The van der Waals surface area contributed by atoms with Crippen molar-refractivity contribution in [1.29, 1.82) is 5.26 Å². The number of hydrogen-bond acceptors (Lipinski definition) is 4. The molecule has 22 heavy (non-hydrogen) atoms. The van der Waals surface area contributed by atoms with Crippen LogP contribution in [0.1, 0.15) is 24.5 Å². The van der Waals surface area contributed by atoms with Crippen molar-refractivity contribution in [2.75, 3.05) is 6.61 Å².